The van der Waals surface area contributed by atoms with E-state index in [1.165, 1.54) is 6.07 Å². The fourth-order valence-electron chi connectivity index (χ4n) is 2.60. The van der Waals surface area contributed by atoms with Crippen LogP contribution >= 0.6 is 0 Å². The number of rotatable bonds is 5. The summed E-state index contributed by atoms with van der Waals surface area (Å²) < 4.78 is 44.4. The second-order valence-corrected chi connectivity index (χ2v) is 5.50. The van der Waals surface area contributed by atoms with Crippen LogP contribution in [0.4, 0.5) is 18.9 Å². The van der Waals surface area contributed by atoms with Gasteiger partial charge in [-0.3, -0.25) is 0 Å². The van der Waals surface area contributed by atoms with Gasteiger partial charge in [0.05, 0.1) is 23.8 Å². The summed E-state index contributed by atoms with van der Waals surface area (Å²) in [6.45, 7) is 1.15. The van der Waals surface area contributed by atoms with Crippen molar-refractivity contribution in [3.05, 3.63) is 29.3 Å². The molecule has 0 saturated carbocycles. The molecule has 2 N–H and O–H groups in total. The van der Waals surface area contributed by atoms with Crippen LogP contribution in [0.2, 0.25) is 0 Å². The zero-order valence-corrected chi connectivity index (χ0v) is 11.9. The number of anilines is 1. The highest BCUT2D eigenvalue weighted by molar-refractivity contribution is 5.57. The van der Waals surface area contributed by atoms with Gasteiger partial charge in [0, 0.05) is 30.9 Å². The second kappa shape index (κ2) is 6.55. The van der Waals surface area contributed by atoms with Crippen LogP contribution in [0.25, 0.3) is 0 Å². The molecular weight excluding hydrogens is 297 g/mol. The number of alkyl halides is 3. The molecule has 1 fully saturated rings. The van der Waals surface area contributed by atoms with E-state index in [0.29, 0.717) is 26.1 Å². The van der Waals surface area contributed by atoms with Gasteiger partial charge >= 0.3 is 6.18 Å². The van der Waals surface area contributed by atoms with Gasteiger partial charge in [0.2, 0.25) is 0 Å². The Morgan fingerprint density at radius 3 is 2.73 bits per heavy atom. The average molecular weight is 314 g/mol. The second-order valence-electron chi connectivity index (χ2n) is 5.50. The number of aliphatic hydroxyl groups is 1. The summed E-state index contributed by atoms with van der Waals surface area (Å²) in [6.07, 6.45) is -3.36. The lowest BCUT2D eigenvalue weighted by atomic mass is 9.84. The number of aliphatic hydroxyl groups excluding tert-OH is 1. The highest BCUT2D eigenvalue weighted by Crippen LogP contribution is 2.37. The maximum absolute atomic E-state index is 13.0. The van der Waals surface area contributed by atoms with Gasteiger partial charge in [-0.25, -0.2) is 0 Å². The number of hydrogen-bond donors (Lipinski definition) is 2. The Morgan fingerprint density at radius 2 is 2.18 bits per heavy atom. The van der Waals surface area contributed by atoms with Crippen molar-refractivity contribution in [3.8, 4) is 6.07 Å². The molecule has 0 aliphatic carbocycles. The fourth-order valence-corrected chi connectivity index (χ4v) is 2.60. The van der Waals surface area contributed by atoms with Crippen LogP contribution in [-0.4, -0.2) is 31.5 Å². The molecule has 2 rings (SSSR count). The number of nitriles is 1. The van der Waals surface area contributed by atoms with E-state index in [0.717, 1.165) is 12.1 Å². The van der Waals surface area contributed by atoms with Crippen molar-refractivity contribution >= 4 is 5.69 Å². The van der Waals surface area contributed by atoms with Crippen molar-refractivity contribution in [2.75, 3.05) is 31.7 Å². The van der Waals surface area contributed by atoms with Gasteiger partial charge in [-0.05, 0) is 31.0 Å². The quantitative estimate of drug-likeness (QED) is 0.877. The first kappa shape index (κ1) is 16.6. The Bertz CT molecular complexity index is 561. The van der Waals surface area contributed by atoms with Crippen molar-refractivity contribution < 1.29 is 23.0 Å². The van der Waals surface area contributed by atoms with Crippen LogP contribution in [0.3, 0.4) is 0 Å². The highest BCUT2D eigenvalue weighted by atomic mass is 19.4. The van der Waals surface area contributed by atoms with Crippen LogP contribution in [-0.2, 0) is 10.9 Å². The lowest BCUT2D eigenvalue weighted by Gasteiger charge is -2.28. The first-order chi connectivity index (χ1) is 10.4. The summed E-state index contributed by atoms with van der Waals surface area (Å²) in [4.78, 5) is 0. The largest absolute Gasteiger partial charge is 0.418 e. The summed E-state index contributed by atoms with van der Waals surface area (Å²) in [6, 6.07) is 5.09. The lowest BCUT2D eigenvalue weighted by Crippen LogP contribution is -2.32. The first-order valence-electron chi connectivity index (χ1n) is 6.94. The summed E-state index contributed by atoms with van der Waals surface area (Å²) in [5.74, 6) is 0. The molecule has 1 saturated heterocycles. The molecule has 1 heterocycles. The molecule has 22 heavy (non-hydrogen) atoms. The molecule has 4 nitrogen and oxygen atoms in total. The van der Waals surface area contributed by atoms with Crippen LogP contribution in [0.1, 0.15) is 24.0 Å². The minimum atomic E-state index is -4.49. The topological polar surface area (TPSA) is 65.3 Å². The summed E-state index contributed by atoms with van der Waals surface area (Å²) in [7, 11) is 0. The molecule has 1 aromatic rings. The van der Waals surface area contributed by atoms with Crippen LogP contribution in [0.15, 0.2) is 18.2 Å². The Kier molecular flexibility index (Phi) is 4.94. The molecule has 7 heteroatoms. The average Bonchev–Trinajstić information content (AvgIpc) is 2.93. The SMILES string of the molecule is N#Cc1ccc(C(F)(F)F)c(NC[C@]2(CCO)CCOC2)c1. The van der Waals surface area contributed by atoms with E-state index < -0.39 is 11.7 Å². The van der Waals surface area contributed by atoms with Crippen LogP contribution in [0, 0.1) is 16.7 Å². The van der Waals surface area contributed by atoms with E-state index in [2.05, 4.69) is 5.32 Å². The summed E-state index contributed by atoms with van der Waals surface area (Å²) in [5, 5.41) is 20.8. The lowest BCUT2D eigenvalue weighted by molar-refractivity contribution is -0.137. The fraction of sp³-hybridized carbons (Fsp3) is 0.533. The number of hydrogen-bond acceptors (Lipinski definition) is 4. The van der Waals surface area contributed by atoms with E-state index in [4.69, 9.17) is 15.1 Å². The van der Waals surface area contributed by atoms with Gasteiger partial charge in [-0.1, -0.05) is 0 Å². The van der Waals surface area contributed by atoms with E-state index in [1.54, 1.807) is 0 Å². The van der Waals surface area contributed by atoms with Gasteiger partial charge in [0.25, 0.3) is 0 Å². The van der Waals surface area contributed by atoms with Crippen molar-refractivity contribution in [1.82, 2.24) is 0 Å². The number of ether oxygens (including phenoxy) is 1. The first-order valence-corrected chi connectivity index (χ1v) is 6.94. The Hall–Kier alpha value is -1.78. The molecular formula is C15H17F3N2O2. The van der Waals surface area contributed by atoms with Gasteiger partial charge in [0.15, 0.2) is 0 Å². The Labute approximate surface area is 126 Å². The molecule has 0 bridgehead atoms. The van der Waals surface area contributed by atoms with Crippen molar-refractivity contribution in [2.24, 2.45) is 5.41 Å². The Balaban J connectivity index is 2.22. The number of nitrogens with one attached hydrogen (secondary N) is 1. The standard InChI is InChI=1S/C15H17F3N2O2/c16-15(17,18)12-2-1-11(8-19)7-13(12)20-9-14(3-5-21)4-6-22-10-14/h1-2,7,20-21H,3-6,9-10H2/t14-/m0/s1. The molecule has 1 aliphatic rings. The van der Waals surface area contributed by atoms with Crippen LogP contribution in [0.5, 0.6) is 0 Å². The van der Waals surface area contributed by atoms with Crippen molar-refractivity contribution in [1.29, 1.82) is 5.26 Å². The highest BCUT2D eigenvalue weighted by Gasteiger charge is 2.37. The third-order valence-electron chi connectivity index (χ3n) is 3.94. The Morgan fingerprint density at radius 1 is 1.41 bits per heavy atom. The third-order valence-corrected chi connectivity index (χ3v) is 3.94. The molecule has 0 spiro atoms. The minimum Gasteiger partial charge on any atom is -0.396 e. The predicted octanol–water partition coefficient (Wildman–Crippen LogP) is 2.78. The van der Waals surface area contributed by atoms with Crippen LogP contribution < -0.4 is 5.32 Å². The maximum atomic E-state index is 13.0. The normalized spacial score (nSPS) is 21.6. The molecule has 0 radical (unpaired) electrons. The van der Waals surface area contributed by atoms with Crippen molar-refractivity contribution in [2.45, 2.75) is 19.0 Å². The smallest absolute Gasteiger partial charge is 0.396 e. The van der Waals surface area contributed by atoms with E-state index >= 15 is 0 Å². The summed E-state index contributed by atoms with van der Waals surface area (Å²) >= 11 is 0. The van der Waals surface area contributed by atoms with Gasteiger partial charge in [-0.15, -0.1) is 0 Å². The van der Waals surface area contributed by atoms with Gasteiger partial charge in [0.1, 0.15) is 0 Å². The maximum Gasteiger partial charge on any atom is 0.418 e. The van der Waals surface area contributed by atoms with E-state index in [9.17, 15) is 13.2 Å². The third kappa shape index (κ3) is 3.70. The number of halogens is 3. The molecule has 0 unspecified atom stereocenters. The zero-order valence-electron chi connectivity index (χ0n) is 11.9. The molecule has 1 atom stereocenters. The number of nitrogens with zero attached hydrogens (tertiary/aromatic N) is 1. The minimum absolute atomic E-state index is 0.0462. The van der Waals surface area contributed by atoms with E-state index in [-0.39, 0.29) is 29.8 Å². The van der Waals surface area contributed by atoms with E-state index in [1.807, 2.05) is 6.07 Å². The summed E-state index contributed by atoms with van der Waals surface area (Å²) in [5.41, 5.74) is -1.13. The monoisotopic (exact) mass is 314 g/mol. The molecule has 1 aromatic carbocycles. The molecule has 0 aromatic heterocycles. The molecule has 120 valence electrons. The van der Waals surface area contributed by atoms with Gasteiger partial charge in [-0.2, -0.15) is 18.4 Å². The molecule has 0 amide bonds. The number of benzene rings is 1. The van der Waals surface area contributed by atoms with Gasteiger partial charge < -0.3 is 15.2 Å². The molecule has 1 aliphatic heterocycles. The van der Waals surface area contributed by atoms with Crippen molar-refractivity contribution in [3.63, 3.8) is 0 Å². The predicted molar refractivity (Wildman–Crippen MR) is 74.2 cm³/mol. The zero-order chi connectivity index (χ0) is 16.2.